The predicted molar refractivity (Wildman–Crippen MR) is 123 cm³/mol. The summed E-state index contributed by atoms with van der Waals surface area (Å²) in [5.41, 5.74) is 0.863. The van der Waals surface area contributed by atoms with Gasteiger partial charge in [0.25, 0.3) is 0 Å². The zero-order chi connectivity index (χ0) is 24.9. The Morgan fingerprint density at radius 3 is 2.41 bits per heavy atom. The van der Waals surface area contributed by atoms with E-state index in [1.54, 1.807) is 4.72 Å². The number of benzene rings is 1. The van der Waals surface area contributed by atoms with Crippen LogP contribution in [0.2, 0.25) is 0 Å². The van der Waals surface area contributed by atoms with Crippen molar-refractivity contribution < 1.29 is 21.6 Å². The van der Waals surface area contributed by atoms with E-state index < -0.39 is 21.7 Å². The summed E-state index contributed by atoms with van der Waals surface area (Å²) in [6.07, 6.45) is 0.100. The van der Waals surface area contributed by atoms with Gasteiger partial charge < -0.3 is 4.57 Å². The van der Waals surface area contributed by atoms with E-state index in [1.807, 2.05) is 12.1 Å². The van der Waals surface area contributed by atoms with Gasteiger partial charge in [0.1, 0.15) is 16.5 Å². The molecule has 0 aliphatic heterocycles. The van der Waals surface area contributed by atoms with E-state index in [0.29, 0.717) is 17.0 Å². The third kappa shape index (κ3) is 4.07. The lowest BCUT2D eigenvalue weighted by molar-refractivity contribution is -0.180. The molecule has 0 radical (unpaired) electrons. The van der Waals surface area contributed by atoms with Crippen molar-refractivity contribution >= 4 is 20.9 Å². The van der Waals surface area contributed by atoms with Crippen molar-refractivity contribution in [2.24, 2.45) is 0 Å². The van der Waals surface area contributed by atoms with Crippen molar-refractivity contribution in [2.75, 3.05) is 0 Å². The van der Waals surface area contributed by atoms with Gasteiger partial charge in [-0.25, -0.2) is 8.42 Å². The molecule has 0 saturated heterocycles. The molecule has 180 valence electrons. The summed E-state index contributed by atoms with van der Waals surface area (Å²) >= 11 is 0. The number of pyridine rings is 1. The minimum atomic E-state index is -4.77. The highest BCUT2D eigenvalue weighted by molar-refractivity contribution is 7.89. The van der Waals surface area contributed by atoms with E-state index in [4.69, 9.17) is 0 Å². The number of hydrogen-bond donors (Lipinski definition) is 1. The lowest BCUT2D eigenvalue weighted by atomic mass is 9.92. The fourth-order valence-corrected chi connectivity index (χ4v) is 5.44. The molecule has 4 rings (SSSR count). The van der Waals surface area contributed by atoms with E-state index in [9.17, 15) is 26.9 Å². The molecule has 1 aliphatic carbocycles. The van der Waals surface area contributed by atoms with Crippen LogP contribution in [0, 0.1) is 11.3 Å². The summed E-state index contributed by atoms with van der Waals surface area (Å²) < 4.78 is 68.6. The molecular weight excluding hydrogens is 465 g/mol. The van der Waals surface area contributed by atoms with Crippen LogP contribution in [0.3, 0.4) is 0 Å². The minimum Gasteiger partial charge on any atom is -0.335 e. The zero-order valence-electron chi connectivity index (χ0n) is 19.1. The number of fused-ring (bicyclic) bond motifs is 1. The average molecular weight is 491 g/mol. The molecule has 1 aliphatic rings. The molecule has 0 atom stereocenters. The maximum atomic E-state index is 13.2. The van der Waals surface area contributed by atoms with Gasteiger partial charge in [-0.05, 0) is 63.3 Å². The van der Waals surface area contributed by atoms with Crippen LogP contribution in [0.4, 0.5) is 13.2 Å². The van der Waals surface area contributed by atoms with Crippen LogP contribution in [0.15, 0.2) is 41.4 Å². The Kier molecular flexibility index (Phi) is 5.98. The smallest absolute Gasteiger partial charge is 0.335 e. The van der Waals surface area contributed by atoms with Gasteiger partial charge in [0.2, 0.25) is 10.0 Å². The highest BCUT2D eigenvalue weighted by Crippen LogP contribution is 2.42. The number of nitrogens with one attached hydrogen (secondary N) is 1. The van der Waals surface area contributed by atoms with Crippen LogP contribution >= 0.6 is 0 Å². The SMILES string of the molecule is CCc1ccc2c(C#N)c(-c3ccc(S(=O)(=O)NC(C)(C)C(F)(F)F)cn3)n(C3CCC3)c2c1. The van der Waals surface area contributed by atoms with Gasteiger partial charge in [-0.2, -0.15) is 23.2 Å². The van der Waals surface area contributed by atoms with Crippen LogP contribution in [0.25, 0.3) is 22.3 Å². The van der Waals surface area contributed by atoms with Crippen molar-refractivity contribution in [3.05, 3.63) is 47.7 Å². The topological polar surface area (TPSA) is 87.8 Å². The first-order valence-corrected chi connectivity index (χ1v) is 12.5. The fourth-order valence-electron chi connectivity index (χ4n) is 4.10. The summed E-state index contributed by atoms with van der Waals surface area (Å²) in [5.74, 6) is 0. The number of alkyl halides is 3. The van der Waals surface area contributed by atoms with Gasteiger partial charge >= 0.3 is 6.18 Å². The largest absolute Gasteiger partial charge is 0.407 e. The number of nitriles is 1. The Labute approximate surface area is 196 Å². The van der Waals surface area contributed by atoms with Crippen LogP contribution in [-0.2, 0) is 16.4 Å². The summed E-state index contributed by atoms with van der Waals surface area (Å²) in [6.45, 7) is 3.57. The van der Waals surface area contributed by atoms with Gasteiger partial charge in [0.15, 0.2) is 0 Å². The van der Waals surface area contributed by atoms with E-state index in [1.165, 1.54) is 12.1 Å². The van der Waals surface area contributed by atoms with Crippen molar-refractivity contribution in [3.8, 4) is 17.5 Å². The number of rotatable bonds is 6. The van der Waals surface area contributed by atoms with Crippen molar-refractivity contribution in [2.45, 2.75) is 69.1 Å². The van der Waals surface area contributed by atoms with Crippen molar-refractivity contribution in [1.82, 2.24) is 14.3 Å². The molecule has 10 heteroatoms. The third-order valence-corrected chi connectivity index (χ3v) is 8.06. The summed E-state index contributed by atoms with van der Waals surface area (Å²) in [6, 6.07) is 11.1. The first kappa shape index (κ1) is 24.2. The maximum absolute atomic E-state index is 13.2. The highest BCUT2D eigenvalue weighted by Gasteiger charge is 2.49. The monoisotopic (exact) mass is 490 g/mol. The third-order valence-electron chi connectivity index (χ3n) is 6.42. The number of aromatic nitrogens is 2. The van der Waals surface area contributed by atoms with Gasteiger partial charge in [0, 0.05) is 17.6 Å². The standard InChI is InChI=1S/C24H25F3N4O2S/c1-4-15-8-10-18-19(13-28)22(31(21(18)12-15)16-6-5-7-16)20-11-9-17(14-29-20)34(32,33)30-23(2,3)24(25,26)27/h8-12,14,16,30H,4-7H2,1-3H3. The molecule has 0 spiro atoms. The lowest BCUT2D eigenvalue weighted by Crippen LogP contribution is -2.54. The predicted octanol–water partition coefficient (Wildman–Crippen LogP) is 5.48. The first-order chi connectivity index (χ1) is 15.9. The lowest BCUT2D eigenvalue weighted by Gasteiger charge is -2.30. The van der Waals surface area contributed by atoms with Crippen LogP contribution in [0.1, 0.15) is 57.2 Å². The van der Waals surface area contributed by atoms with Gasteiger partial charge in [-0.15, -0.1) is 0 Å². The van der Waals surface area contributed by atoms with Gasteiger partial charge in [-0.1, -0.05) is 19.1 Å². The molecule has 34 heavy (non-hydrogen) atoms. The Morgan fingerprint density at radius 1 is 1.21 bits per heavy atom. The molecular formula is C24H25F3N4O2S. The molecule has 1 saturated carbocycles. The molecule has 0 amide bonds. The van der Waals surface area contributed by atoms with Crippen LogP contribution in [-0.4, -0.2) is 29.7 Å². The molecule has 0 bridgehead atoms. The molecule has 6 nitrogen and oxygen atoms in total. The Balaban J connectivity index is 1.81. The maximum Gasteiger partial charge on any atom is 0.407 e. The number of sulfonamides is 1. The highest BCUT2D eigenvalue weighted by atomic mass is 32.2. The summed E-state index contributed by atoms with van der Waals surface area (Å²) in [4.78, 5) is 3.90. The number of halogens is 3. The quantitative estimate of drug-likeness (QED) is 0.496. The van der Waals surface area contributed by atoms with Crippen molar-refractivity contribution in [1.29, 1.82) is 5.26 Å². The molecule has 1 N–H and O–H groups in total. The summed E-state index contributed by atoms with van der Waals surface area (Å²) in [7, 11) is -4.47. The van der Waals surface area contributed by atoms with E-state index >= 15 is 0 Å². The van der Waals surface area contributed by atoms with E-state index in [2.05, 4.69) is 28.6 Å². The summed E-state index contributed by atoms with van der Waals surface area (Å²) in [5, 5.41) is 10.8. The number of nitrogens with zero attached hydrogens (tertiary/aromatic N) is 3. The number of hydrogen-bond acceptors (Lipinski definition) is 4. The van der Waals surface area contributed by atoms with Crippen LogP contribution in [0.5, 0.6) is 0 Å². The molecule has 2 aromatic heterocycles. The second kappa shape index (κ2) is 8.40. The molecule has 1 fully saturated rings. The average Bonchev–Trinajstić information content (AvgIpc) is 3.04. The Bertz CT molecular complexity index is 1380. The molecule has 2 heterocycles. The second-order valence-electron chi connectivity index (χ2n) is 9.10. The van der Waals surface area contributed by atoms with Gasteiger partial charge in [-0.3, -0.25) is 4.98 Å². The molecule has 0 unspecified atom stereocenters. The second-order valence-corrected chi connectivity index (χ2v) is 10.8. The Hall–Kier alpha value is -2.90. The minimum absolute atomic E-state index is 0.200. The zero-order valence-corrected chi connectivity index (χ0v) is 19.9. The van der Waals surface area contributed by atoms with Crippen molar-refractivity contribution in [3.63, 3.8) is 0 Å². The first-order valence-electron chi connectivity index (χ1n) is 11.0. The Morgan fingerprint density at radius 2 is 1.91 bits per heavy atom. The normalized spacial score (nSPS) is 15.3. The molecule has 1 aromatic carbocycles. The number of aryl methyl sites for hydroxylation is 1. The fraction of sp³-hybridized carbons (Fsp3) is 0.417. The van der Waals surface area contributed by atoms with Gasteiger partial charge in [0.05, 0.1) is 22.5 Å². The van der Waals surface area contributed by atoms with E-state index in [0.717, 1.165) is 62.2 Å². The van der Waals surface area contributed by atoms with E-state index in [-0.39, 0.29) is 10.9 Å². The van der Waals surface area contributed by atoms with Crippen LogP contribution < -0.4 is 4.72 Å². The molecule has 3 aromatic rings.